The van der Waals surface area contributed by atoms with E-state index in [1.165, 1.54) is 5.56 Å². The number of halogens is 1. The normalized spacial score (nSPS) is 24.9. The molecule has 19 heavy (non-hydrogen) atoms. The molecule has 2 rings (SSSR count). The lowest BCUT2D eigenvalue weighted by molar-refractivity contribution is 0.115. The van der Waals surface area contributed by atoms with Crippen molar-refractivity contribution in [3.63, 3.8) is 0 Å². The number of hydrogen-bond acceptors (Lipinski definition) is 3. The first-order chi connectivity index (χ1) is 9.10. The van der Waals surface area contributed by atoms with E-state index in [2.05, 4.69) is 36.3 Å². The molecule has 1 N–H and O–H groups in total. The zero-order chi connectivity index (χ0) is 13.8. The van der Waals surface area contributed by atoms with Crippen LogP contribution in [-0.2, 0) is 4.74 Å². The van der Waals surface area contributed by atoms with Gasteiger partial charge >= 0.3 is 0 Å². The molecule has 0 amide bonds. The van der Waals surface area contributed by atoms with Crippen LogP contribution in [0.1, 0.15) is 24.9 Å². The Bertz CT molecular complexity index is 396. The lowest BCUT2D eigenvalue weighted by Crippen LogP contribution is -2.36. The van der Waals surface area contributed by atoms with E-state index >= 15 is 0 Å². The van der Waals surface area contributed by atoms with E-state index in [4.69, 9.17) is 16.3 Å². The van der Waals surface area contributed by atoms with Crippen molar-refractivity contribution in [2.45, 2.75) is 31.5 Å². The largest absolute Gasteiger partial charge is 0.380 e. The number of methoxy groups -OCH3 is 1. The second kappa shape index (κ2) is 6.71. The van der Waals surface area contributed by atoms with Crippen molar-refractivity contribution in [3.8, 4) is 0 Å². The Morgan fingerprint density at radius 2 is 2.11 bits per heavy atom. The Morgan fingerprint density at radius 3 is 2.68 bits per heavy atom. The van der Waals surface area contributed by atoms with Gasteiger partial charge in [-0.2, -0.15) is 0 Å². The van der Waals surface area contributed by atoms with Crippen LogP contribution in [0.5, 0.6) is 0 Å². The summed E-state index contributed by atoms with van der Waals surface area (Å²) in [6, 6.07) is 9.02. The number of likely N-dealkylation sites (N-methyl/N-ethyl adjacent to an activating group) is 1. The highest BCUT2D eigenvalue weighted by Crippen LogP contribution is 2.22. The molecule has 1 aromatic rings. The molecule has 0 spiro atoms. The number of nitrogens with zero attached hydrogens (tertiary/aromatic N) is 1. The molecular weight excluding hydrogens is 260 g/mol. The summed E-state index contributed by atoms with van der Waals surface area (Å²) in [6.07, 6.45) is 1.46. The summed E-state index contributed by atoms with van der Waals surface area (Å²) in [5.74, 6) is 0. The van der Waals surface area contributed by atoms with Crippen LogP contribution in [0.15, 0.2) is 24.3 Å². The van der Waals surface area contributed by atoms with Gasteiger partial charge in [0, 0.05) is 37.3 Å². The Labute approximate surface area is 120 Å². The summed E-state index contributed by atoms with van der Waals surface area (Å²) in [6.45, 7) is 4.22. The Balaban J connectivity index is 1.89. The van der Waals surface area contributed by atoms with Crippen molar-refractivity contribution in [1.29, 1.82) is 0 Å². The van der Waals surface area contributed by atoms with Crippen LogP contribution in [0.3, 0.4) is 0 Å². The Kier molecular flexibility index (Phi) is 5.22. The van der Waals surface area contributed by atoms with Gasteiger partial charge < -0.3 is 10.1 Å². The van der Waals surface area contributed by atoms with Gasteiger partial charge in [-0.3, -0.25) is 4.90 Å². The standard InChI is InChI=1S/C15H23ClN2O/c1-11(12-4-6-13(16)7-5-12)18(2)10-14-8-15(19-3)9-17-14/h4-7,11,14-15,17H,8-10H2,1-3H3. The number of nitrogens with one attached hydrogen (secondary N) is 1. The zero-order valence-corrected chi connectivity index (χ0v) is 12.7. The average Bonchev–Trinajstić information content (AvgIpc) is 2.86. The fraction of sp³-hybridized carbons (Fsp3) is 0.600. The molecule has 1 aromatic carbocycles. The van der Waals surface area contributed by atoms with Gasteiger partial charge in [0.1, 0.15) is 0 Å². The minimum Gasteiger partial charge on any atom is -0.380 e. The summed E-state index contributed by atoms with van der Waals surface area (Å²) in [5.41, 5.74) is 1.30. The first-order valence-corrected chi connectivity index (χ1v) is 7.20. The molecule has 1 aliphatic heterocycles. The molecule has 3 atom stereocenters. The van der Waals surface area contributed by atoms with Crippen molar-refractivity contribution >= 4 is 11.6 Å². The highest BCUT2D eigenvalue weighted by atomic mass is 35.5. The van der Waals surface area contributed by atoms with Crippen molar-refractivity contribution in [2.75, 3.05) is 27.2 Å². The molecule has 1 saturated heterocycles. The van der Waals surface area contributed by atoms with Crippen molar-refractivity contribution < 1.29 is 4.74 Å². The third kappa shape index (κ3) is 3.93. The topological polar surface area (TPSA) is 24.5 Å². The minimum atomic E-state index is 0.365. The van der Waals surface area contributed by atoms with Gasteiger partial charge in [-0.15, -0.1) is 0 Å². The molecule has 1 fully saturated rings. The first kappa shape index (κ1) is 14.8. The molecule has 0 aromatic heterocycles. The minimum absolute atomic E-state index is 0.365. The number of benzene rings is 1. The van der Waals surface area contributed by atoms with Crippen LogP contribution >= 0.6 is 11.6 Å². The van der Waals surface area contributed by atoms with Crippen LogP contribution in [0.4, 0.5) is 0 Å². The molecule has 4 heteroatoms. The molecule has 0 bridgehead atoms. The summed E-state index contributed by atoms with van der Waals surface area (Å²) in [7, 11) is 3.95. The van der Waals surface area contributed by atoms with Crippen LogP contribution in [-0.4, -0.2) is 44.3 Å². The lowest BCUT2D eigenvalue weighted by Gasteiger charge is -2.28. The van der Waals surface area contributed by atoms with Gasteiger partial charge in [0.2, 0.25) is 0 Å². The van der Waals surface area contributed by atoms with E-state index in [1.54, 1.807) is 7.11 Å². The van der Waals surface area contributed by atoms with E-state index in [-0.39, 0.29) is 0 Å². The maximum absolute atomic E-state index is 5.93. The molecule has 0 radical (unpaired) electrons. The van der Waals surface area contributed by atoms with Gasteiger partial charge in [0.05, 0.1) is 6.10 Å². The third-order valence-corrected chi connectivity index (χ3v) is 4.29. The van der Waals surface area contributed by atoms with Gasteiger partial charge in [-0.05, 0) is 38.1 Å². The Hall–Kier alpha value is -0.610. The number of hydrogen-bond donors (Lipinski definition) is 1. The van der Waals surface area contributed by atoms with Crippen LogP contribution in [0, 0.1) is 0 Å². The van der Waals surface area contributed by atoms with Crippen LogP contribution in [0.2, 0.25) is 5.02 Å². The van der Waals surface area contributed by atoms with Gasteiger partial charge in [0.25, 0.3) is 0 Å². The molecule has 0 saturated carbocycles. The molecule has 106 valence electrons. The van der Waals surface area contributed by atoms with E-state index in [9.17, 15) is 0 Å². The average molecular weight is 283 g/mol. The van der Waals surface area contributed by atoms with Crippen molar-refractivity contribution in [3.05, 3.63) is 34.9 Å². The SMILES string of the molecule is COC1CNC(CN(C)C(C)c2ccc(Cl)cc2)C1. The van der Waals surface area contributed by atoms with E-state index in [0.717, 1.165) is 24.5 Å². The molecule has 0 aliphatic carbocycles. The van der Waals surface area contributed by atoms with Gasteiger partial charge in [-0.25, -0.2) is 0 Å². The molecule has 3 nitrogen and oxygen atoms in total. The second-order valence-electron chi connectivity index (χ2n) is 5.37. The summed E-state index contributed by atoms with van der Waals surface area (Å²) in [4.78, 5) is 2.37. The maximum atomic E-state index is 5.93. The monoisotopic (exact) mass is 282 g/mol. The highest BCUT2D eigenvalue weighted by molar-refractivity contribution is 6.30. The summed E-state index contributed by atoms with van der Waals surface area (Å²) >= 11 is 5.93. The fourth-order valence-corrected chi connectivity index (χ4v) is 2.73. The predicted octanol–water partition coefficient (Wildman–Crippen LogP) is 2.71. The lowest BCUT2D eigenvalue weighted by atomic mass is 10.1. The molecule has 1 aliphatic rings. The number of ether oxygens (including phenoxy) is 1. The molecule has 3 unspecified atom stereocenters. The third-order valence-electron chi connectivity index (χ3n) is 4.04. The summed E-state index contributed by atoms with van der Waals surface area (Å²) < 4.78 is 5.39. The molecule has 1 heterocycles. The van der Waals surface area contributed by atoms with E-state index in [1.807, 2.05) is 12.1 Å². The number of rotatable bonds is 5. The Morgan fingerprint density at radius 1 is 1.42 bits per heavy atom. The predicted molar refractivity (Wildman–Crippen MR) is 79.7 cm³/mol. The first-order valence-electron chi connectivity index (χ1n) is 6.82. The highest BCUT2D eigenvalue weighted by Gasteiger charge is 2.25. The van der Waals surface area contributed by atoms with E-state index in [0.29, 0.717) is 18.2 Å². The fourth-order valence-electron chi connectivity index (χ4n) is 2.60. The quantitative estimate of drug-likeness (QED) is 0.899. The second-order valence-corrected chi connectivity index (χ2v) is 5.80. The molecular formula is C15H23ClN2O. The van der Waals surface area contributed by atoms with Crippen molar-refractivity contribution in [2.24, 2.45) is 0 Å². The van der Waals surface area contributed by atoms with Gasteiger partial charge in [0.15, 0.2) is 0 Å². The van der Waals surface area contributed by atoms with E-state index < -0.39 is 0 Å². The smallest absolute Gasteiger partial charge is 0.0711 e. The zero-order valence-electron chi connectivity index (χ0n) is 11.9. The maximum Gasteiger partial charge on any atom is 0.0711 e. The van der Waals surface area contributed by atoms with Gasteiger partial charge in [-0.1, -0.05) is 23.7 Å². The van der Waals surface area contributed by atoms with Crippen molar-refractivity contribution in [1.82, 2.24) is 10.2 Å². The van der Waals surface area contributed by atoms with Crippen LogP contribution < -0.4 is 5.32 Å². The van der Waals surface area contributed by atoms with Crippen LogP contribution in [0.25, 0.3) is 0 Å². The summed E-state index contributed by atoms with van der Waals surface area (Å²) in [5, 5.41) is 4.31.